The summed E-state index contributed by atoms with van der Waals surface area (Å²) in [6.07, 6.45) is -2.27. The standard InChI is InChI=1S/C8H18NO.BClF3/c1-3-10-8-9(2)6-4-5-7-9;2-1(3,4)5/h3-8H2,1-2H3;/q+1;-1. The zero-order valence-electron chi connectivity index (χ0n) is 9.19. The Labute approximate surface area is 93.9 Å². The maximum absolute atomic E-state index is 10.2. The molecule has 0 spiro atoms. The van der Waals surface area contributed by atoms with Gasteiger partial charge in [0.05, 0.1) is 20.1 Å². The quantitative estimate of drug-likeness (QED) is 0.550. The summed E-state index contributed by atoms with van der Waals surface area (Å²) in [5.74, 6) is 0. The summed E-state index contributed by atoms with van der Waals surface area (Å²) in [5, 5.41) is 0. The highest BCUT2D eigenvalue weighted by Gasteiger charge is 2.26. The molecule has 0 saturated carbocycles. The van der Waals surface area contributed by atoms with Crippen LogP contribution in [-0.2, 0) is 4.74 Å². The van der Waals surface area contributed by atoms with Crippen LogP contribution in [0.2, 0.25) is 0 Å². The Morgan fingerprint density at radius 3 is 2.00 bits per heavy atom. The molecule has 1 rings (SSSR count). The van der Waals surface area contributed by atoms with Crippen molar-refractivity contribution < 1.29 is 22.2 Å². The Morgan fingerprint density at radius 2 is 1.67 bits per heavy atom. The minimum Gasteiger partial charge on any atom is -0.435 e. The number of ether oxygens (including phenoxy) is 1. The maximum Gasteiger partial charge on any atom is 0.576 e. The Morgan fingerprint density at radius 1 is 1.27 bits per heavy atom. The Kier molecular flexibility index (Phi) is 6.63. The molecule has 92 valence electrons. The molecule has 1 saturated heterocycles. The minimum absolute atomic E-state index is 0.855. The van der Waals surface area contributed by atoms with E-state index in [1.54, 1.807) is 0 Å². The van der Waals surface area contributed by atoms with Crippen molar-refractivity contribution in [3.05, 3.63) is 0 Å². The van der Waals surface area contributed by atoms with E-state index in [2.05, 4.69) is 25.4 Å². The van der Waals surface area contributed by atoms with Gasteiger partial charge in [0.2, 0.25) is 0 Å². The number of hydrogen-bond acceptors (Lipinski definition) is 1. The third-order valence-corrected chi connectivity index (χ3v) is 2.25. The molecule has 0 bridgehead atoms. The molecule has 0 N–H and O–H groups in total. The van der Waals surface area contributed by atoms with Crippen molar-refractivity contribution in [1.82, 2.24) is 0 Å². The summed E-state index contributed by atoms with van der Waals surface area (Å²) in [6, 6.07) is 0. The van der Waals surface area contributed by atoms with Crippen molar-refractivity contribution >= 4 is 17.9 Å². The van der Waals surface area contributed by atoms with Gasteiger partial charge in [-0.15, -0.1) is 0 Å². The van der Waals surface area contributed by atoms with Crippen molar-refractivity contribution in [2.75, 3.05) is 33.5 Å². The second kappa shape index (κ2) is 6.61. The first kappa shape index (κ1) is 15.1. The Balaban J connectivity index is 0.000000336. The predicted molar refractivity (Wildman–Crippen MR) is 56.6 cm³/mol. The normalized spacial score (nSPS) is 19.6. The van der Waals surface area contributed by atoms with Crippen molar-refractivity contribution in [2.24, 2.45) is 0 Å². The fraction of sp³-hybridized carbons (Fsp3) is 1.00. The highest BCUT2D eigenvalue weighted by molar-refractivity contribution is 7.08. The second-order valence-corrected chi connectivity index (χ2v) is 4.39. The molecule has 1 aliphatic rings. The molecule has 0 aromatic heterocycles. The average Bonchev–Trinajstić information content (AvgIpc) is 2.46. The lowest BCUT2D eigenvalue weighted by atomic mass is 10.4. The van der Waals surface area contributed by atoms with Gasteiger partial charge in [0.15, 0.2) is 6.73 Å². The van der Waals surface area contributed by atoms with Gasteiger partial charge in [-0.05, 0) is 6.92 Å². The van der Waals surface area contributed by atoms with Crippen LogP contribution in [0.4, 0.5) is 12.9 Å². The van der Waals surface area contributed by atoms with Crippen LogP contribution >= 0.6 is 11.5 Å². The van der Waals surface area contributed by atoms with Crippen LogP contribution in [0.25, 0.3) is 0 Å². The zero-order valence-corrected chi connectivity index (χ0v) is 9.94. The molecule has 0 aromatic carbocycles. The summed E-state index contributed by atoms with van der Waals surface area (Å²) in [6.45, 7) is 6.44. The van der Waals surface area contributed by atoms with Crippen LogP contribution in [0.5, 0.6) is 0 Å². The van der Waals surface area contributed by atoms with E-state index in [1.165, 1.54) is 25.9 Å². The molecule has 2 nitrogen and oxygen atoms in total. The Bertz CT molecular complexity index is 168. The molecule has 0 atom stereocenters. The lowest BCUT2D eigenvalue weighted by Gasteiger charge is -2.27. The SMILES string of the molecule is CCOC[N+]1(C)CCCC1.F[B-](F)(F)Cl. The van der Waals surface area contributed by atoms with Gasteiger partial charge in [-0.3, -0.25) is 11.5 Å². The molecular weight excluding hydrogens is 229 g/mol. The Hall–Kier alpha value is 0.0649. The van der Waals surface area contributed by atoms with Crippen molar-refractivity contribution in [3.8, 4) is 0 Å². The summed E-state index contributed by atoms with van der Waals surface area (Å²) in [4.78, 5) is 0. The van der Waals surface area contributed by atoms with E-state index in [0.717, 1.165) is 17.8 Å². The van der Waals surface area contributed by atoms with Crippen LogP contribution in [0.1, 0.15) is 19.8 Å². The number of halogens is 4. The van der Waals surface area contributed by atoms with Gasteiger partial charge < -0.3 is 22.2 Å². The largest absolute Gasteiger partial charge is 0.576 e. The first-order valence-corrected chi connectivity index (χ1v) is 5.49. The number of rotatable bonds is 3. The molecule has 7 heteroatoms. The van der Waals surface area contributed by atoms with Crippen LogP contribution in [0.15, 0.2) is 0 Å². The highest BCUT2D eigenvalue weighted by Crippen LogP contribution is 2.15. The average molecular weight is 247 g/mol. The highest BCUT2D eigenvalue weighted by atomic mass is 35.5. The third kappa shape index (κ3) is 10.3. The molecule has 0 aromatic rings. The van der Waals surface area contributed by atoms with Gasteiger partial charge in [0.25, 0.3) is 0 Å². The molecule has 1 heterocycles. The number of quaternary nitrogens is 1. The van der Waals surface area contributed by atoms with Gasteiger partial charge in [0, 0.05) is 19.4 Å². The van der Waals surface area contributed by atoms with E-state index in [9.17, 15) is 12.9 Å². The summed E-state index contributed by atoms with van der Waals surface area (Å²) in [5.41, 5.74) is 0. The van der Waals surface area contributed by atoms with Gasteiger partial charge >= 0.3 is 6.39 Å². The van der Waals surface area contributed by atoms with Gasteiger partial charge in [-0.2, -0.15) is 0 Å². The van der Waals surface area contributed by atoms with E-state index >= 15 is 0 Å². The second-order valence-electron chi connectivity index (χ2n) is 3.89. The molecule has 1 fully saturated rings. The van der Waals surface area contributed by atoms with E-state index in [0.29, 0.717) is 0 Å². The summed E-state index contributed by atoms with van der Waals surface area (Å²) >= 11 is 3.59. The van der Waals surface area contributed by atoms with Gasteiger partial charge in [-0.1, -0.05) is 0 Å². The van der Waals surface area contributed by atoms with Crippen molar-refractivity contribution in [3.63, 3.8) is 0 Å². The lowest BCUT2D eigenvalue weighted by Crippen LogP contribution is -2.42. The summed E-state index contributed by atoms with van der Waals surface area (Å²) < 4.78 is 37.1. The van der Waals surface area contributed by atoms with E-state index in [-0.39, 0.29) is 0 Å². The molecule has 15 heavy (non-hydrogen) atoms. The monoisotopic (exact) mass is 247 g/mol. The molecule has 0 aliphatic carbocycles. The van der Waals surface area contributed by atoms with Gasteiger partial charge in [0.1, 0.15) is 0 Å². The maximum atomic E-state index is 10.2. The van der Waals surface area contributed by atoms with Crippen LogP contribution in [-0.4, -0.2) is 44.4 Å². The number of hydrogen-bond donors (Lipinski definition) is 0. The molecular formula is C8H18BClF3NO. The number of nitrogens with zero attached hydrogens (tertiary/aromatic N) is 1. The zero-order chi connectivity index (χ0) is 11.9. The predicted octanol–water partition coefficient (Wildman–Crippen LogP) is 2.79. The van der Waals surface area contributed by atoms with Crippen molar-refractivity contribution in [1.29, 1.82) is 0 Å². The van der Waals surface area contributed by atoms with Crippen LogP contribution < -0.4 is 0 Å². The third-order valence-electron chi connectivity index (χ3n) is 2.25. The van der Waals surface area contributed by atoms with Crippen molar-refractivity contribution in [2.45, 2.75) is 19.8 Å². The first-order valence-electron chi connectivity index (χ1n) is 5.05. The summed E-state index contributed by atoms with van der Waals surface area (Å²) in [7, 11) is 2.28. The topological polar surface area (TPSA) is 9.23 Å². The van der Waals surface area contributed by atoms with Gasteiger partial charge in [-0.25, -0.2) is 0 Å². The van der Waals surface area contributed by atoms with E-state index in [4.69, 9.17) is 4.74 Å². The molecule has 0 unspecified atom stereocenters. The molecule has 1 aliphatic heterocycles. The lowest BCUT2D eigenvalue weighted by molar-refractivity contribution is -0.916. The molecule has 0 amide bonds. The van der Waals surface area contributed by atoms with Crippen LogP contribution in [0.3, 0.4) is 0 Å². The smallest absolute Gasteiger partial charge is 0.435 e. The fourth-order valence-corrected chi connectivity index (χ4v) is 1.54. The molecule has 0 radical (unpaired) electrons. The first-order chi connectivity index (χ1) is 6.77. The fourth-order valence-electron chi connectivity index (χ4n) is 1.54. The van der Waals surface area contributed by atoms with Crippen LogP contribution in [0, 0.1) is 0 Å². The minimum atomic E-state index is -5.03. The number of likely N-dealkylation sites (tertiary alicyclic amines) is 1. The van der Waals surface area contributed by atoms with E-state index in [1.807, 2.05) is 0 Å². The van der Waals surface area contributed by atoms with E-state index < -0.39 is 6.39 Å².